The molecule has 1 heterocycles. The molecule has 58 valence electrons. The molecule has 0 aromatic carbocycles. The first kappa shape index (κ1) is 8.14. The Balaban J connectivity index is 3.23. The summed E-state index contributed by atoms with van der Waals surface area (Å²) in [6, 6.07) is 0. The first-order valence-corrected chi connectivity index (χ1v) is 3.82. The third-order valence-corrected chi connectivity index (χ3v) is 1.76. The Morgan fingerprint density at radius 1 is 1.64 bits per heavy atom. The predicted octanol–water partition coefficient (Wildman–Crippen LogP) is 1.86. The van der Waals surface area contributed by atoms with Crippen LogP contribution in [0, 0.1) is 0 Å². The highest BCUT2D eigenvalue weighted by Gasteiger charge is 2.02. The van der Waals surface area contributed by atoms with E-state index < -0.39 is 0 Å². The van der Waals surface area contributed by atoms with E-state index in [2.05, 4.69) is 24.2 Å². The van der Waals surface area contributed by atoms with E-state index in [4.69, 9.17) is 0 Å². The molecule has 11 heavy (non-hydrogen) atoms. The van der Waals surface area contributed by atoms with Crippen LogP contribution in [0.3, 0.4) is 0 Å². The summed E-state index contributed by atoms with van der Waals surface area (Å²) in [5.74, 6) is 0.674. The van der Waals surface area contributed by atoms with Gasteiger partial charge in [0.25, 0.3) is 0 Å². The van der Waals surface area contributed by atoms with Crippen molar-refractivity contribution in [1.29, 1.82) is 0 Å². The Morgan fingerprint density at radius 2 is 2.36 bits per heavy atom. The molecule has 0 saturated heterocycles. The second-order valence-corrected chi connectivity index (χ2v) is 2.40. The van der Waals surface area contributed by atoms with Crippen LogP contribution >= 0.6 is 12.6 Å². The highest BCUT2D eigenvalue weighted by molar-refractivity contribution is 7.79. The lowest BCUT2D eigenvalue weighted by Gasteiger charge is -2.03. The van der Waals surface area contributed by atoms with E-state index in [1.165, 1.54) is 6.20 Å². The summed E-state index contributed by atoms with van der Waals surface area (Å²) in [4.78, 5) is 3.81. The molecule has 1 aromatic rings. The fourth-order valence-electron chi connectivity index (χ4n) is 0.840. The molecule has 1 aromatic heterocycles. The lowest BCUT2D eigenvalue weighted by atomic mass is 10.1. The molecule has 0 atom stereocenters. The zero-order valence-corrected chi connectivity index (χ0v) is 6.88. The molecule has 0 bridgehead atoms. The molecule has 3 heteroatoms. The molecule has 1 rings (SSSR count). The van der Waals surface area contributed by atoms with Gasteiger partial charge in [0.2, 0.25) is 0 Å². The molecular formula is C8H9NOS. The van der Waals surface area contributed by atoms with Gasteiger partial charge in [-0.3, -0.25) is 4.98 Å². The Bertz CT molecular complexity index is 273. The Labute approximate surface area is 71.0 Å². The third kappa shape index (κ3) is 1.54. The highest BCUT2D eigenvalue weighted by atomic mass is 32.1. The molecule has 2 nitrogen and oxygen atoms in total. The van der Waals surface area contributed by atoms with Gasteiger partial charge in [-0.15, -0.1) is 0 Å². The van der Waals surface area contributed by atoms with Crippen molar-refractivity contribution >= 4 is 18.7 Å². The molecule has 0 aliphatic heterocycles. The van der Waals surface area contributed by atoms with E-state index in [-0.39, 0.29) is 5.75 Å². The van der Waals surface area contributed by atoms with Gasteiger partial charge in [-0.05, 0) is 5.56 Å². The molecule has 0 amide bonds. The van der Waals surface area contributed by atoms with E-state index in [0.717, 1.165) is 11.1 Å². The van der Waals surface area contributed by atoms with E-state index in [0.29, 0.717) is 5.75 Å². The second kappa shape index (κ2) is 3.44. The minimum atomic E-state index is 0.178. The number of aromatic nitrogens is 1. The lowest BCUT2D eigenvalue weighted by molar-refractivity contribution is 0.468. The van der Waals surface area contributed by atoms with Crippen molar-refractivity contribution in [2.45, 2.75) is 5.75 Å². The Kier molecular flexibility index (Phi) is 2.54. The standard InChI is InChI=1S/C8H9NOS/c1-2-6-3-9-4-8(10)7(6)5-11/h2-4,10-11H,1,5H2. The summed E-state index contributed by atoms with van der Waals surface area (Å²) >= 11 is 4.07. The molecule has 0 radical (unpaired) electrons. The number of nitrogens with zero attached hydrogens (tertiary/aromatic N) is 1. The third-order valence-electron chi connectivity index (χ3n) is 1.45. The molecule has 0 fully saturated rings. The van der Waals surface area contributed by atoms with Gasteiger partial charge >= 0.3 is 0 Å². The molecule has 0 saturated carbocycles. The van der Waals surface area contributed by atoms with Crippen LogP contribution in [0.5, 0.6) is 5.75 Å². The van der Waals surface area contributed by atoms with Crippen molar-refractivity contribution < 1.29 is 5.11 Å². The summed E-state index contributed by atoms with van der Waals surface area (Å²) in [5.41, 5.74) is 1.61. The lowest BCUT2D eigenvalue weighted by Crippen LogP contribution is -1.86. The molecule has 0 aliphatic rings. The van der Waals surface area contributed by atoms with Crippen molar-refractivity contribution in [2.24, 2.45) is 0 Å². The first-order chi connectivity index (χ1) is 5.29. The molecule has 0 spiro atoms. The fraction of sp³-hybridized carbons (Fsp3) is 0.125. The maximum absolute atomic E-state index is 9.26. The SMILES string of the molecule is C=Cc1cncc(O)c1CS. The molecular weight excluding hydrogens is 158 g/mol. The zero-order chi connectivity index (χ0) is 8.27. The van der Waals surface area contributed by atoms with Crippen molar-refractivity contribution in [1.82, 2.24) is 4.98 Å². The Morgan fingerprint density at radius 3 is 2.82 bits per heavy atom. The van der Waals surface area contributed by atoms with E-state index in [1.54, 1.807) is 12.3 Å². The van der Waals surface area contributed by atoms with E-state index in [9.17, 15) is 5.11 Å². The van der Waals surface area contributed by atoms with Crippen molar-refractivity contribution in [2.75, 3.05) is 0 Å². The van der Waals surface area contributed by atoms with Crippen LogP contribution in [-0.2, 0) is 5.75 Å². The largest absolute Gasteiger partial charge is 0.506 e. The number of pyridine rings is 1. The normalized spacial score (nSPS) is 9.55. The quantitative estimate of drug-likeness (QED) is 0.659. The van der Waals surface area contributed by atoms with Gasteiger partial charge in [-0.2, -0.15) is 12.6 Å². The molecule has 0 aliphatic carbocycles. The summed E-state index contributed by atoms with van der Waals surface area (Å²) < 4.78 is 0. The van der Waals surface area contributed by atoms with Gasteiger partial charge in [0, 0.05) is 17.5 Å². The van der Waals surface area contributed by atoms with Crippen LogP contribution in [0.4, 0.5) is 0 Å². The van der Waals surface area contributed by atoms with Gasteiger partial charge < -0.3 is 5.11 Å². The van der Waals surface area contributed by atoms with Gasteiger partial charge in [0.05, 0.1) is 6.20 Å². The zero-order valence-electron chi connectivity index (χ0n) is 5.99. The van der Waals surface area contributed by atoms with Gasteiger partial charge in [0.15, 0.2) is 0 Å². The fourth-order valence-corrected chi connectivity index (χ4v) is 1.18. The topological polar surface area (TPSA) is 33.1 Å². The van der Waals surface area contributed by atoms with Crippen LogP contribution in [0.25, 0.3) is 6.08 Å². The summed E-state index contributed by atoms with van der Waals surface area (Å²) in [5, 5.41) is 9.26. The van der Waals surface area contributed by atoms with Gasteiger partial charge in [-0.1, -0.05) is 12.7 Å². The summed E-state index contributed by atoms with van der Waals surface area (Å²) in [7, 11) is 0. The number of hydrogen-bond donors (Lipinski definition) is 2. The predicted molar refractivity (Wildman–Crippen MR) is 48.7 cm³/mol. The van der Waals surface area contributed by atoms with Crippen LogP contribution in [-0.4, -0.2) is 10.1 Å². The number of thiol groups is 1. The minimum absolute atomic E-state index is 0.178. The molecule has 1 N–H and O–H groups in total. The number of rotatable bonds is 2. The van der Waals surface area contributed by atoms with Crippen molar-refractivity contribution in [3.8, 4) is 5.75 Å². The maximum Gasteiger partial charge on any atom is 0.138 e. The number of hydrogen-bond acceptors (Lipinski definition) is 3. The van der Waals surface area contributed by atoms with Crippen LogP contribution < -0.4 is 0 Å². The molecule has 0 unspecified atom stereocenters. The highest BCUT2D eigenvalue weighted by Crippen LogP contribution is 2.21. The summed E-state index contributed by atoms with van der Waals surface area (Å²) in [6.45, 7) is 3.60. The van der Waals surface area contributed by atoms with Crippen LogP contribution in [0.15, 0.2) is 19.0 Å². The smallest absolute Gasteiger partial charge is 0.138 e. The first-order valence-electron chi connectivity index (χ1n) is 3.18. The van der Waals surface area contributed by atoms with Crippen molar-refractivity contribution in [3.05, 3.63) is 30.1 Å². The summed E-state index contributed by atoms with van der Waals surface area (Å²) in [6.07, 6.45) is 4.70. The second-order valence-electron chi connectivity index (χ2n) is 2.09. The van der Waals surface area contributed by atoms with Gasteiger partial charge in [0.1, 0.15) is 5.75 Å². The Hall–Kier alpha value is -0.960. The van der Waals surface area contributed by atoms with E-state index >= 15 is 0 Å². The van der Waals surface area contributed by atoms with Crippen molar-refractivity contribution in [3.63, 3.8) is 0 Å². The minimum Gasteiger partial charge on any atom is -0.506 e. The number of aromatic hydroxyl groups is 1. The van der Waals surface area contributed by atoms with Crippen LogP contribution in [0.2, 0.25) is 0 Å². The van der Waals surface area contributed by atoms with Crippen LogP contribution in [0.1, 0.15) is 11.1 Å². The van der Waals surface area contributed by atoms with Gasteiger partial charge in [-0.25, -0.2) is 0 Å². The maximum atomic E-state index is 9.26. The monoisotopic (exact) mass is 167 g/mol. The average molecular weight is 167 g/mol. The van der Waals surface area contributed by atoms with E-state index in [1.807, 2.05) is 0 Å². The average Bonchev–Trinajstić information content (AvgIpc) is 2.04.